The highest BCUT2D eigenvalue weighted by molar-refractivity contribution is 9.41. The van der Waals surface area contributed by atoms with Crippen molar-refractivity contribution in [1.82, 2.24) is 0 Å². The van der Waals surface area contributed by atoms with Crippen molar-refractivity contribution in [3.8, 4) is 0 Å². The van der Waals surface area contributed by atoms with Crippen LogP contribution in [0.25, 0.3) is 11.1 Å². The van der Waals surface area contributed by atoms with Gasteiger partial charge in [0.2, 0.25) is 0 Å². The maximum atomic E-state index is 14.5. The van der Waals surface area contributed by atoms with Crippen molar-refractivity contribution in [3.05, 3.63) is 119 Å². The molecule has 0 bridgehead atoms. The summed E-state index contributed by atoms with van der Waals surface area (Å²) in [5.41, 5.74) is 4.13. The standard InChI is InChI=1S/C27H24BrO3P/c1-19(2)31-24(29)18-23-25(20-12-6-3-7-13-20)26(21-14-8-4-9-15-21)27(32(23,28)30)22-16-10-5-11-17-22/h3-19,27H,1-2H3. The molecule has 3 aromatic rings. The average molecular weight is 507 g/mol. The molecule has 4 rings (SSSR count). The van der Waals surface area contributed by atoms with E-state index in [1.807, 2.05) is 91.0 Å². The Morgan fingerprint density at radius 2 is 1.38 bits per heavy atom. The third-order valence-electron chi connectivity index (χ3n) is 5.33. The Morgan fingerprint density at radius 3 is 1.91 bits per heavy atom. The first-order valence-corrected chi connectivity index (χ1v) is 14.3. The quantitative estimate of drug-likeness (QED) is 0.201. The maximum absolute atomic E-state index is 14.5. The lowest BCUT2D eigenvalue weighted by Crippen LogP contribution is -2.09. The SMILES string of the molecule is CC(C)OC(=O)C=C1C(c2ccccc2)=C(c2ccccc2)C(c2ccccc2)P1(=O)Br. The van der Waals surface area contributed by atoms with Crippen molar-refractivity contribution in [3.63, 3.8) is 0 Å². The number of carbonyl (C=O) groups is 1. The molecule has 0 aliphatic carbocycles. The minimum absolute atomic E-state index is 0.266. The number of halogens is 1. The lowest BCUT2D eigenvalue weighted by Gasteiger charge is -2.20. The Labute approximate surface area is 196 Å². The van der Waals surface area contributed by atoms with Crippen LogP contribution in [0.1, 0.15) is 36.2 Å². The van der Waals surface area contributed by atoms with E-state index < -0.39 is 17.5 Å². The van der Waals surface area contributed by atoms with Crippen LogP contribution in [0.2, 0.25) is 0 Å². The van der Waals surface area contributed by atoms with Gasteiger partial charge >= 0.3 is 5.97 Å². The zero-order chi connectivity index (χ0) is 22.7. The van der Waals surface area contributed by atoms with E-state index in [9.17, 15) is 9.36 Å². The number of rotatable bonds is 5. The van der Waals surface area contributed by atoms with Crippen molar-refractivity contribution in [2.24, 2.45) is 0 Å². The van der Waals surface area contributed by atoms with Gasteiger partial charge in [0, 0.05) is 11.4 Å². The fourth-order valence-electron chi connectivity index (χ4n) is 4.09. The molecule has 3 nitrogen and oxygen atoms in total. The van der Waals surface area contributed by atoms with Gasteiger partial charge < -0.3 is 9.30 Å². The van der Waals surface area contributed by atoms with Gasteiger partial charge in [0.05, 0.1) is 11.8 Å². The monoisotopic (exact) mass is 506 g/mol. The molecule has 1 heterocycles. The van der Waals surface area contributed by atoms with Crippen molar-refractivity contribution in [1.29, 1.82) is 0 Å². The molecule has 0 radical (unpaired) electrons. The fourth-order valence-corrected chi connectivity index (χ4v) is 8.53. The predicted octanol–water partition coefficient (Wildman–Crippen LogP) is 7.86. The largest absolute Gasteiger partial charge is 0.460 e. The Hall–Kier alpha value is -2.68. The summed E-state index contributed by atoms with van der Waals surface area (Å²) in [4.78, 5) is 12.7. The molecule has 0 saturated heterocycles. The van der Waals surface area contributed by atoms with Gasteiger partial charge in [-0.1, -0.05) is 91.0 Å². The van der Waals surface area contributed by atoms with Crippen LogP contribution in [0.15, 0.2) is 102 Å². The molecule has 1 aliphatic rings. The van der Waals surface area contributed by atoms with E-state index in [1.165, 1.54) is 6.08 Å². The van der Waals surface area contributed by atoms with Gasteiger partial charge in [-0.2, -0.15) is 0 Å². The molecule has 0 N–H and O–H groups in total. The first kappa shape index (κ1) is 22.5. The van der Waals surface area contributed by atoms with Crippen LogP contribution in [-0.4, -0.2) is 12.1 Å². The minimum atomic E-state index is -3.23. The second-order valence-corrected chi connectivity index (χ2v) is 13.2. The molecule has 2 atom stereocenters. The van der Waals surface area contributed by atoms with Gasteiger partial charge in [-0.05, 0) is 57.2 Å². The second-order valence-electron chi connectivity index (χ2n) is 7.93. The number of allylic oxidation sites excluding steroid dienone is 3. The van der Waals surface area contributed by atoms with Crippen molar-refractivity contribution in [2.45, 2.75) is 25.6 Å². The molecule has 32 heavy (non-hydrogen) atoms. The van der Waals surface area contributed by atoms with Crippen LogP contribution in [0.3, 0.4) is 0 Å². The Morgan fingerprint density at radius 1 is 0.875 bits per heavy atom. The number of hydrogen-bond acceptors (Lipinski definition) is 3. The van der Waals surface area contributed by atoms with Crippen LogP contribution < -0.4 is 0 Å². The number of carbonyl (C=O) groups excluding carboxylic acids is 1. The fraction of sp³-hybridized carbons (Fsp3) is 0.148. The molecule has 2 unspecified atom stereocenters. The maximum Gasteiger partial charge on any atom is 0.331 e. The van der Waals surface area contributed by atoms with Crippen molar-refractivity contribution >= 4 is 38.4 Å². The molecule has 162 valence electrons. The highest BCUT2D eigenvalue weighted by atomic mass is 79.9. The molecule has 0 amide bonds. The van der Waals surface area contributed by atoms with Crippen molar-refractivity contribution in [2.75, 3.05) is 0 Å². The highest BCUT2D eigenvalue weighted by Gasteiger charge is 2.48. The second kappa shape index (κ2) is 9.44. The van der Waals surface area contributed by atoms with E-state index in [0.29, 0.717) is 5.31 Å². The van der Waals surface area contributed by atoms with Gasteiger partial charge in [0.1, 0.15) is 0 Å². The zero-order valence-corrected chi connectivity index (χ0v) is 20.4. The normalized spacial score (nSPS) is 21.9. The topological polar surface area (TPSA) is 43.4 Å². The molecule has 0 aromatic heterocycles. The van der Waals surface area contributed by atoms with Crippen LogP contribution in [0.4, 0.5) is 0 Å². The van der Waals surface area contributed by atoms with Crippen LogP contribution in [-0.2, 0) is 14.1 Å². The minimum Gasteiger partial charge on any atom is -0.460 e. The number of hydrogen-bond donors (Lipinski definition) is 0. The van der Waals surface area contributed by atoms with Gasteiger partial charge in [0.25, 0.3) is 0 Å². The molecule has 5 heteroatoms. The van der Waals surface area contributed by atoms with Gasteiger partial charge in [-0.15, -0.1) is 0 Å². The first-order valence-electron chi connectivity index (χ1n) is 10.5. The van der Waals surface area contributed by atoms with E-state index in [2.05, 4.69) is 15.5 Å². The Kier molecular flexibility index (Phi) is 6.64. The van der Waals surface area contributed by atoms with Crippen molar-refractivity contribution < 1.29 is 14.1 Å². The molecule has 0 spiro atoms. The summed E-state index contributed by atoms with van der Waals surface area (Å²) < 4.78 is 19.9. The molecule has 0 saturated carbocycles. The lowest BCUT2D eigenvalue weighted by atomic mass is 9.89. The van der Waals surface area contributed by atoms with E-state index in [4.69, 9.17) is 4.74 Å². The lowest BCUT2D eigenvalue weighted by molar-refractivity contribution is -0.141. The summed E-state index contributed by atoms with van der Waals surface area (Å²) in [7, 11) is 0. The van der Waals surface area contributed by atoms with Gasteiger partial charge in [-0.25, -0.2) is 4.79 Å². The summed E-state index contributed by atoms with van der Waals surface area (Å²) in [6.45, 7) is 3.60. The molecule has 1 aliphatic heterocycles. The summed E-state index contributed by atoms with van der Waals surface area (Å²) in [5, 5.41) is 0.488. The highest BCUT2D eigenvalue weighted by Crippen LogP contribution is 2.82. The number of ether oxygens (including phenoxy) is 1. The Balaban J connectivity index is 2.06. The third kappa shape index (κ3) is 4.44. The third-order valence-corrected chi connectivity index (χ3v) is 9.93. The number of esters is 1. The summed E-state index contributed by atoms with van der Waals surface area (Å²) in [6, 6.07) is 29.6. The van der Waals surface area contributed by atoms with Gasteiger partial charge in [-0.3, -0.25) is 0 Å². The average Bonchev–Trinajstić information content (AvgIpc) is 3.02. The van der Waals surface area contributed by atoms with E-state index in [-0.39, 0.29) is 6.10 Å². The molecular formula is C27H24BrO3P. The van der Waals surface area contributed by atoms with E-state index in [0.717, 1.165) is 27.8 Å². The smallest absolute Gasteiger partial charge is 0.331 e. The summed E-state index contributed by atoms with van der Waals surface area (Å²) in [6.07, 6.45) is 1.14. The first-order chi connectivity index (χ1) is 15.4. The molecule has 3 aromatic carbocycles. The van der Waals surface area contributed by atoms with E-state index >= 15 is 0 Å². The molecular weight excluding hydrogens is 483 g/mol. The Bertz CT molecular complexity index is 1220. The summed E-state index contributed by atoms with van der Waals surface area (Å²) in [5.74, 6) is -3.72. The van der Waals surface area contributed by atoms with E-state index in [1.54, 1.807) is 13.8 Å². The van der Waals surface area contributed by atoms with Crippen LogP contribution >= 0.6 is 21.3 Å². The predicted molar refractivity (Wildman–Crippen MR) is 135 cm³/mol. The summed E-state index contributed by atoms with van der Waals surface area (Å²) >= 11 is 3.62. The molecule has 0 fully saturated rings. The zero-order valence-electron chi connectivity index (χ0n) is 17.9. The van der Waals surface area contributed by atoms with Gasteiger partial charge in [0.15, 0.2) is 5.84 Å². The number of benzene rings is 3. The van der Waals surface area contributed by atoms with Crippen LogP contribution in [0, 0.1) is 0 Å². The van der Waals surface area contributed by atoms with Crippen LogP contribution in [0.5, 0.6) is 0 Å².